The minimum atomic E-state index is -0.517. The highest BCUT2D eigenvalue weighted by Crippen LogP contribution is 2.37. The van der Waals surface area contributed by atoms with E-state index in [0.29, 0.717) is 13.2 Å². The molecule has 0 aromatic carbocycles. The monoisotopic (exact) mass is 313 g/mol. The maximum Gasteiger partial charge on any atom is 0.220 e. The molecule has 3 nitrogen and oxygen atoms in total. The van der Waals surface area contributed by atoms with Crippen LogP contribution in [-0.4, -0.2) is 41.5 Å². The van der Waals surface area contributed by atoms with Gasteiger partial charge in [0.2, 0.25) is 5.91 Å². The van der Waals surface area contributed by atoms with Crippen LogP contribution in [-0.2, 0) is 9.53 Å². The van der Waals surface area contributed by atoms with Crippen LogP contribution in [0.4, 0.5) is 0 Å². The number of ether oxygens (including phenoxy) is 1. The van der Waals surface area contributed by atoms with Crippen LogP contribution in [0.3, 0.4) is 0 Å². The van der Waals surface area contributed by atoms with Gasteiger partial charge >= 0.3 is 0 Å². The van der Waals surface area contributed by atoms with Gasteiger partial charge in [-0.05, 0) is 24.8 Å². The molecule has 0 aromatic rings. The smallest absolute Gasteiger partial charge is 0.220 e. The van der Waals surface area contributed by atoms with Gasteiger partial charge in [-0.2, -0.15) is 0 Å². The summed E-state index contributed by atoms with van der Waals surface area (Å²) in [5.74, 6) is 0.0493. The van der Waals surface area contributed by atoms with E-state index in [1.807, 2.05) is 17.1 Å². The van der Waals surface area contributed by atoms with Gasteiger partial charge < -0.3 is 9.64 Å². The topological polar surface area (TPSA) is 29.5 Å². The molecule has 0 saturated carbocycles. The molecule has 1 aliphatic carbocycles. The standard InChI is InChI=1S/C17H28ClNO2/c1-5-12-21-13-11-19(14(4)20)16-15(6-2)9-8-10-17(16,18)7-3/h8-10,16H,5-7,11-13H2,1-4H3. The number of halogens is 1. The molecule has 1 rings (SSSR count). The van der Waals surface area contributed by atoms with Crippen molar-refractivity contribution in [3.8, 4) is 0 Å². The molecule has 21 heavy (non-hydrogen) atoms. The highest BCUT2D eigenvalue weighted by Gasteiger charge is 2.41. The molecular weight excluding hydrogens is 286 g/mol. The lowest BCUT2D eigenvalue weighted by molar-refractivity contribution is -0.131. The number of rotatable bonds is 8. The molecule has 2 atom stereocenters. The summed E-state index contributed by atoms with van der Waals surface area (Å²) in [6.07, 6.45) is 8.78. The van der Waals surface area contributed by atoms with Crippen molar-refractivity contribution >= 4 is 17.5 Å². The van der Waals surface area contributed by atoms with Gasteiger partial charge in [-0.1, -0.05) is 39.0 Å². The van der Waals surface area contributed by atoms with E-state index >= 15 is 0 Å². The molecule has 0 aromatic heterocycles. The number of amides is 1. The molecule has 0 N–H and O–H groups in total. The van der Waals surface area contributed by atoms with Gasteiger partial charge in [0, 0.05) is 20.1 Å². The number of carbonyl (C=O) groups is 1. The number of nitrogens with zero attached hydrogens (tertiary/aromatic N) is 1. The lowest BCUT2D eigenvalue weighted by atomic mass is 9.83. The minimum absolute atomic E-state index is 0.0493. The predicted molar refractivity (Wildman–Crippen MR) is 88.7 cm³/mol. The van der Waals surface area contributed by atoms with Crippen molar-refractivity contribution in [1.82, 2.24) is 4.90 Å². The Morgan fingerprint density at radius 1 is 1.38 bits per heavy atom. The summed E-state index contributed by atoms with van der Waals surface area (Å²) in [7, 11) is 0. The molecule has 0 saturated heterocycles. The van der Waals surface area contributed by atoms with Crippen molar-refractivity contribution in [2.24, 2.45) is 0 Å². The fraction of sp³-hybridized carbons (Fsp3) is 0.706. The summed E-state index contributed by atoms with van der Waals surface area (Å²) >= 11 is 6.82. The molecule has 2 unspecified atom stereocenters. The second kappa shape index (κ2) is 8.60. The first-order chi connectivity index (χ1) is 10.00. The summed E-state index contributed by atoms with van der Waals surface area (Å²) in [5, 5.41) is 0. The lowest BCUT2D eigenvalue weighted by Crippen LogP contribution is -2.53. The molecule has 1 amide bonds. The molecule has 0 spiro atoms. The number of allylic oxidation sites excluding steroid dienone is 2. The Labute approximate surface area is 134 Å². The third kappa shape index (κ3) is 4.58. The van der Waals surface area contributed by atoms with Crippen LogP contribution in [0.5, 0.6) is 0 Å². The molecule has 120 valence electrons. The zero-order valence-corrected chi connectivity index (χ0v) is 14.4. The second-order valence-corrected chi connectivity index (χ2v) is 6.17. The molecule has 0 heterocycles. The van der Waals surface area contributed by atoms with E-state index in [1.165, 1.54) is 5.57 Å². The van der Waals surface area contributed by atoms with Crippen LogP contribution in [0.1, 0.15) is 47.0 Å². The SMILES string of the molecule is CCCOCCN(C(C)=O)C1C(CC)=CC=CC1(Cl)CC. The highest BCUT2D eigenvalue weighted by molar-refractivity contribution is 6.26. The van der Waals surface area contributed by atoms with E-state index in [4.69, 9.17) is 16.3 Å². The van der Waals surface area contributed by atoms with E-state index in [2.05, 4.69) is 26.8 Å². The summed E-state index contributed by atoms with van der Waals surface area (Å²) in [6.45, 7) is 9.73. The molecule has 0 aliphatic heterocycles. The van der Waals surface area contributed by atoms with Gasteiger partial charge in [0.15, 0.2) is 0 Å². The van der Waals surface area contributed by atoms with Crippen LogP contribution < -0.4 is 0 Å². The quantitative estimate of drug-likeness (QED) is 0.502. The maximum absolute atomic E-state index is 12.1. The maximum atomic E-state index is 12.1. The van der Waals surface area contributed by atoms with Crippen molar-refractivity contribution in [1.29, 1.82) is 0 Å². The zero-order chi connectivity index (χ0) is 15.9. The van der Waals surface area contributed by atoms with Gasteiger partial charge in [-0.3, -0.25) is 4.79 Å². The van der Waals surface area contributed by atoms with Gasteiger partial charge in [-0.15, -0.1) is 11.6 Å². The van der Waals surface area contributed by atoms with Gasteiger partial charge in [0.25, 0.3) is 0 Å². The van der Waals surface area contributed by atoms with Crippen molar-refractivity contribution < 1.29 is 9.53 Å². The number of alkyl halides is 1. The average Bonchev–Trinajstić information content (AvgIpc) is 2.47. The second-order valence-electron chi connectivity index (χ2n) is 5.46. The highest BCUT2D eigenvalue weighted by atomic mass is 35.5. The average molecular weight is 314 g/mol. The number of carbonyl (C=O) groups excluding carboxylic acids is 1. The first-order valence-electron chi connectivity index (χ1n) is 7.92. The van der Waals surface area contributed by atoms with Crippen LogP contribution in [0.15, 0.2) is 23.8 Å². The molecular formula is C17H28ClNO2. The van der Waals surface area contributed by atoms with Crippen LogP contribution >= 0.6 is 11.6 Å². The van der Waals surface area contributed by atoms with E-state index in [1.54, 1.807) is 6.92 Å². The zero-order valence-electron chi connectivity index (χ0n) is 13.7. The third-order valence-corrected chi connectivity index (χ3v) is 4.58. The van der Waals surface area contributed by atoms with E-state index in [-0.39, 0.29) is 11.9 Å². The minimum Gasteiger partial charge on any atom is -0.380 e. The van der Waals surface area contributed by atoms with Crippen LogP contribution in [0.2, 0.25) is 0 Å². The Morgan fingerprint density at radius 2 is 2.10 bits per heavy atom. The molecule has 4 heteroatoms. The number of hydrogen-bond donors (Lipinski definition) is 0. The Bertz CT molecular complexity index is 406. The normalized spacial score (nSPS) is 24.8. The van der Waals surface area contributed by atoms with Crippen molar-refractivity contribution in [2.45, 2.75) is 57.9 Å². The van der Waals surface area contributed by atoms with Crippen molar-refractivity contribution in [3.63, 3.8) is 0 Å². The first kappa shape index (κ1) is 18.2. The first-order valence-corrected chi connectivity index (χ1v) is 8.30. The Morgan fingerprint density at radius 3 is 2.62 bits per heavy atom. The lowest BCUT2D eigenvalue weighted by Gasteiger charge is -2.43. The largest absolute Gasteiger partial charge is 0.380 e. The van der Waals surface area contributed by atoms with Gasteiger partial charge in [0.1, 0.15) is 0 Å². The molecule has 0 fully saturated rings. The molecule has 0 bridgehead atoms. The van der Waals surface area contributed by atoms with E-state index < -0.39 is 4.87 Å². The summed E-state index contributed by atoms with van der Waals surface area (Å²) in [5.41, 5.74) is 1.21. The van der Waals surface area contributed by atoms with Crippen LogP contribution in [0.25, 0.3) is 0 Å². The third-order valence-electron chi connectivity index (χ3n) is 3.98. The van der Waals surface area contributed by atoms with Crippen LogP contribution in [0, 0.1) is 0 Å². The molecule has 0 radical (unpaired) electrons. The van der Waals surface area contributed by atoms with Gasteiger partial charge in [-0.25, -0.2) is 0 Å². The Kier molecular flexibility index (Phi) is 7.47. The predicted octanol–water partition coefficient (Wildman–Crippen LogP) is 3.92. The van der Waals surface area contributed by atoms with Crippen molar-refractivity contribution in [3.05, 3.63) is 23.8 Å². The molecule has 1 aliphatic rings. The van der Waals surface area contributed by atoms with Crippen molar-refractivity contribution in [2.75, 3.05) is 19.8 Å². The fourth-order valence-electron chi connectivity index (χ4n) is 2.78. The summed E-state index contributed by atoms with van der Waals surface area (Å²) in [6, 6.07) is -0.0816. The van der Waals surface area contributed by atoms with Gasteiger partial charge in [0.05, 0.1) is 17.5 Å². The Balaban J connectivity index is 2.93. The van der Waals surface area contributed by atoms with E-state index in [9.17, 15) is 4.79 Å². The fourth-order valence-corrected chi connectivity index (χ4v) is 3.11. The Hall–Kier alpha value is -0.800. The number of hydrogen-bond acceptors (Lipinski definition) is 2. The van der Waals surface area contributed by atoms with E-state index in [0.717, 1.165) is 25.9 Å². The summed E-state index contributed by atoms with van der Waals surface area (Å²) < 4.78 is 5.55. The summed E-state index contributed by atoms with van der Waals surface area (Å²) in [4.78, 5) is 13.5.